The van der Waals surface area contributed by atoms with Crippen LogP contribution in [-0.2, 0) is 30.5 Å². The van der Waals surface area contributed by atoms with Crippen LogP contribution in [0, 0.1) is 0 Å². The normalized spacial score (nSPS) is 15.7. The Labute approximate surface area is 160 Å². The zero-order valence-electron chi connectivity index (χ0n) is 15.5. The smallest absolute Gasteiger partial charge is 0.353 e. The van der Waals surface area contributed by atoms with Gasteiger partial charge in [0.2, 0.25) is 5.91 Å². The topological polar surface area (TPSA) is 54.3 Å². The predicted molar refractivity (Wildman–Crippen MR) is 98.7 cm³/mol. The van der Waals surface area contributed by atoms with Crippen molar-refractivity contribution in [2.75, 3.05) is 13.1 Å². The average Bonchev–Trinajstić information content (AvgIpc) is 2.66. The summed E-state index contributed by atoms with van der Waals surface area (Å²) in [5.74, 6) is -0.495. The van der Waals surface area contributed by atoms with Crippen molar-refractivity contribution in [1.82, 2.24) is 14.8 Å². The van der Waals surface area contributed by atoms with Gasteiger partial charge in [0.1, 0.15) is 6.54 Å². The first-order valence-electron chi connectivity index (χ1n) is 9.09. The second kappa shape index (κ2) is 8.18. The zero-order chi connectivity index (χ0) is 20.3. The Hall–Kier alpha value is -2.61. The number of rotatable bonds is 5. The van der Waals surface area contributed by atoms with Crippen LogP contribution < -0.4 is 10.9 Å². The van der Waals surface area contributed by atoms with Crippen molar-refractivity contribution in [3.05, 3.63) is 69.6 Å². The summed E-state index contributed by atoms with van der Waals surface area (Å²) in [5.41, 5.74) is 0.991. The Kier molecular flexibility index (Phi) is 5.88. The molecular weight excluding hydrogens is 371 g/mol. The van der Waals surface area contributed by atoms with Crippen molar-refractivity contribution >= 4 is 5.91 Å². The van der Waals surface area contributed by atoms with Gasteiger partial charge in [0.25, 0.3) is 5.56 Å². The Bertz CT molecular complexity index is 908. The van der Waals surface area contributed by atoms with Crippen LogP contribution in [-0.4, -0.2) is 34.5 Å². The van der Waals surface area contributed by atoms with Crippen LogP contribution in [0.2, 0.25) is 0 Å². The Balaban J connectivity index is 1.56. The van der Waals surface area contributed by atoms with E-state index in [0.29, 0.717) is 18.8 Å². The van der Waals surface area contributed by atoms with Gasteiger partial charge in [-0.05, 0) is 30.5 Å². The van der Waals surface area contributed by atoms with Gasteiger partial charge in [-0.3, -0.25) is 14.5 Å². The minimum Gasteiger partial charge on any atom is -0.353 e. The molecule has 0 saturated heterocycles. The predicted octanol–water partition coefficient (Wildman–Crippen LogP) is 2.43. The Morgan fingerprint density at radius 3 is 2.61 bits per heavy atom. The molecule has 1 unspecified atom stereocenters. The lowest BCUT2D eigenvalue weighted by atomic mass is 9.99. The molecule has 150 valence electrons. The number of amides is 1. The highest BCUT2D eigenvalue weighted by Gasteiger charge is 2.31. The summed E-state index contributed by atoms with van der Waals surface area (Å²) in [5, 5.41) is 2.72. The molecule has 1 aromatic carbocycles. The summed E-state index contributed by atoms with van der Waals surface area (Å²) in [7, 11) is 0. The van der Waals surface area contributed by atoms with Crippen molar-refractivity contribution in [2.24, 2.45) is 0 Å². The van der Waals surface area contributed by atoms with Gasteiger partial charge in [0, 0.05) is 37.9 Å². The van der Waals surface area contributed by atoms with E-state index in [4.69, 9.17) is 0 Å². The molecule has 5 nitrogen and oxygen atoms in total. The van der Waals surface area contributed by atoms with Crippen molar-refractivity contribution in [3.8, 4) is 0 Å². The summed E-state index contributed by atoms with van der Waals surface area (Å²) in [4.78, 5) is 26.1. The average molecular weight is 393 g/mol. The van der Waals surface area contributed by atoms with Crippen LogP contribution in [0.4, 0.5) is 13.2 Å². The minimum atomic E-state index is -4.56. The van der Waals surface area contributed by atoms with E-state index >= 15 is 0 Å². The first-order valence-corrected chi connectivity index (χ1v) is 9.09. The number of hydrogen-bond acceptors (Lipinski definition) is 3. The number of fused-ring (bicyclic) bond motifs is 1. The van der Waals surface area contributed by atoms with Gasteiger partial charge >= 0.3 is 6.18 Å². The number of benzene rings is 1. The highest BCUT2D eigenvalue weighted by atomic mass is 19.4. The van der Waals surface area contributed by atoms with Gasteiger partial charge < -0.3 is 9.88 Å². The standard InChI is InChI=1S/C20H22F3N3O2/c1-14(25-9-8-15-4-2-3-5-16(15)11-25)10-24-18(27)13-26-12-17(20(21,22)23)6-7-19(26)28/h2-7,12,14H,8-11,13H2,1H3,(H,24,27). The summed E-state index contributed by atoms with van der Waals surface area (Å²) >= 11 is 0. The third-order valence-corrected chi connectivity index (χ3v) is 5.00. The number of alkyl halides is 3. The largest absolute Gasteiger partial charge is 0.417 e. The van der Waals surface area contributed by atoms with E-state index in [2.05, 4.69) is 22.3 Å². The fourth-order valence-corrected chi connectivity index (χ4v) is 3.32. The van der Waals surface area contributed by atoms with E-state index in [9.17, 15) is 22.8 Å². The van der Waals surface area contributed by atoms with E-state index in [1.807, 2.05) is 19.1 Å². The van der Waals surface area contributed by atoms with Gasteiger partial charge in [-0.2, -0.15) is 13.2 Å². The highest BCUT2D eigenvalue weighted by Crippen LogP contribution is 2.28. The van der Waals surface area contributed by atoms with E-state index in [0.717, 1.165) is 30.1 Å². The summed E-state index contributed by atoms with van der Waals surface area (Å²) < 4.78 is 39.1. The van der Waals surface area contributed by atoms with E-state index in [-0.39, 0.29) is 6.04 Å². The van der Waals surface area contributed by atoms with Crippen molar-refractivity contribution in [2.45, 2.75) is 38.7 Å². The lowest BCUT2D eigenvalue weighted by molar-refractivity contribution is -0.138. The molecule has 0 fully saturated rings. The van der Waals surface area contributed by atoms with Crippen molar-refractivity contribution in [1.29, 1.82) is 0 Å². The number of carbonyl (C=O) groups excluding carboxylic acids is 1. The summed E-state index contributed by atoms with van der Waals surface area (Å²) in [6, 6.07) is 9.83. The van der Waals surface area contributed by atoms with Gasteiger partial charge in [-0.1, -0.05) is 24.3 Å². The molecule has 1 aliphatic heterocycles. The second-order valence-corrected chi connectivity index (χ2v) is 7.02. The fourth-order valence-electron chi connectivity index (χ4n) is 3.32. The molecule has 0 radical (unpaired) electrons. The van der Waals surface area contributed by atoms with Crippen molar-refractivity contribution < 1.29 is 18.0 Å². The molecule has 1 N–H and O–H groups in total. The number of carbonyl (C=O) groups is 1. The molecule has 28 heavy (non-hydrogen) atoms. The third kappa shape index (κ3) is 4.81. The molecule has 1 aromatic heterocycles. The maximum atomic E-state index is 12.8. The molecule has 0 aliphatic carbocycles. The van der Waals surface area contributed by atoms with Crippen LogP contribution in [0.15, 0.2) is 47.4 Å². The van der Waals surface area contributed by atoms with Gasteiger partial charge in [0.05, 0.1) is 5.56 Å². The first kappa shape index (κ1) is 20.1. The van der Waals surface area contributed by atoms with E-state index < -0.39 is 29.8 Å². The molecule has 1 aliphatic rings. The third-order valence-electron chi connectivity index (χ3n) is 5.00. The molecule has 2 heterocycles. The number of nitrogens with one attached hydrogen (secondary N) is 1. The first-order chi connectivity index (χ1) is 13.2. The molecular formula is C20H22F3N3O2. The Morgan fingerprint density at radius 2 is 1.89 bits per heavy atom. The van der Waals surface area contributed by atoms with Gasteiger partial charge in [0.15, 0.2) is 0 Å². The van der Waals surface area contributed by atoms with Crippen LogP contribution in [0.1, 0.15) is 23.6 Å². The second-order valence-electron chi connectivity index (χ2n) is 7.02. The molecule has 0 bridgehead atoms. The molecule has 0 saturated carbocycles. The highest BCUT2D eigenvalue weighted by molar-refractivity contribution is 5.75. The fraction of sp³-hybridized carbons (Fsp3) is 0.400. The van der Waals surface area contributed by atoms with Crippen LogP contribution >= 0.6 is 0 Å². The molecule has 0 spiro atoms. The number of nitrogens with zero attached hydrogens (tertiary/aromatic N) is 2. The summed E-state index contributed by atoms with van der Waals surface area (Å²) in [6.45, 7) is 3.57. The van der Waals surface area contributed by atoms with Crippen molar-refractivity contribution in [3.63, 3.8) is 0 Å². The van der Waals surface area contributed by atoms with Gasteiger partial charge in [-0.15, -0.1) is 0 Å². The SMILES string of the molecule is CC(CNC(=O)Cn1cc(C(F)(F)F)ccc1=O)N1CCc2ccccc2C1. The lowest BCUT2D eigenvalue weighted by Crippen LogP contribution is -2.45. The number of halogens is 3. The molecule has 1 amide bonds. The van der Waals surface area contributed by atoms with E-state index in [1.165, 1.54) is 11.1 Å². The summed E-state index contributed by atoms with van der Waals surface area (Å²) in [6.07, 6.45) is -2.95. The van der Waals surface area contributed by atoms with Crippen LogP contribution in [0.3, 0.4) is 0 Å². The van der Waals surface area contributed by atoms with Crippen LogP contribution in [0.5, 0.6) is 0 Å². The molecule has 8 heteroatoms. The number of aromatic nitrogens is 1. The monoisotopic (exact) mass is 393 g/mol. The maximum Gasteiger partial charge on any atom is 0.417 e. The minimum absolute atomic E-state index is 0.0653. The molecule has 3 rings (SSSR count). The van der Waals surface area contributed by atoms with E-state index in [1.54, 1.807) is 0 Å². The zero-order valence-corrected chi connectivity index (χ0v) is 15.5. The lowest BCUT2D eigenvalue weighted by Gasteiger charge is -2.33. The Morgan fingerprint density at radius 1 is 1.18 bits per heavy atom. The quantitative estimate of drug-likeness (QED) is 0.849. The van der Waals surface area contributed by atoms with Gasteiger partial charge in [-0.25, -0.2) is 0 Å². The maximum absolute atomic E-state index is 12.8. The molecule has 2 aromatic rings. The van der Waals surface area contributed by atoms with Crippen LogP contribution in [0.25, 0.3) is 0 Å². The number of hydrogen-bond donors (Lipinski definition) is 1. The molecule has 1 atom stereocenters. The number of pyridine rings is 1.